The molecule has 0 bridgehead atoms. The Hall–Kier alpha value is -2.30. The van der Waals surface area contributed by atoms with E-state index in [-0.39, 0.29) is 5.70 Å². The van der Waals surface area contributed by atoms with Gasteiger partial charge in [-0.1, -0.05) is 6.07 Å². The molecule has 1 aliphatic heterocycles. The topological polar surface area (TPSA) is 57.1 Å². The lowest BCUT2D eigenvalue weighted by Gasteiger charge is -2.07. The Morgan fingerprint density at radius 1 is 1.22 bits per heavy atom. The number of cyclic esters (lactones) is 1. The van der Waals surface area contributed by atoms with Crippen LogP contribution in [0, 0.1) is 0 Å². The van der Waals surface area contributed by atoms with Crippen LogP contribution in [-0.4, -0.2) is 26.1 Å². The normalized spacial score (nSPS) is 16.5. The molecule has 0 atom stereocenters. The number of hydrogen-bond acceptors (Lipinski definition) is 5. The van der Waals surface area contributed by atoms with Crippen LogP contribution in [-0.2, 0) is 9.53 Å². The van der Waals surface area contributed by atoms with E-state index in [1.54, 1.807) is 39.4 Å². The van der Waals surface area contributed by atoms with Gasteiger partial charge in [-0.25, -0.2) is 9.79 Å². The molecule has 0 fully saturated rings. The molecular weight excluding hydrogens is 234 g/mol. The standard InChI is InChI=1S/C13H13NO4/c1-8-14-10(13(15)18-8)6-9-4-5-11(16-2)12(7-9)17-3/h4-7H,1-3H3. The number of hydrogen-bond donors (Lipinski definition) is 0. The molecule has 0 aliphatic carbocycles. The second kappa shape index (κ2) is 4.91. The van der Waals surface area contributed by atoms with Crippen LogP contribution in [0.3, 0.4) is 0 Å². The minimum Gasteiger partial charge on any atom is -0.493 e. The molecule has 0 aromatic heterocycles. The summed E-state index contributed by atoms with van der Waals surface area (Å²) >= 11 is 0. The second-order valence-electron chi connectivity index (χ2n) is 3.66. The lowest BCUT2D eigenvalue weighted by atomic mass is 10.1. The number of methoxy groups -OCH3 is 2. The zero-order valence-electron chi connectivity index (χ0n) is 10.4. The van der Waals surface area contributed by atoms with E-state index in [1.165, 1.54) is 0 Å². The Morgan fingerprint density at radius 2 is 1.94 bits per heavy atom. The molecule has 5 nitrogen and oxygen atoms in total. The van der Waals surface area contributed by atoms with Gasteiger partial charge >= 0.3 is 5.97 Å². The zero-order valence-corrected chi connectivity index (χ0v) is 10.4. The summed E-state index contributed by atoms with van der Waals surface area (Å²) in [5.74, 6) is 1.14. The monoisotopic (exact) mass is 247 g/mol. The highest BCUT2D eigenvalue weighted by Gasteiger charge is 2.19. The van der Waals surface area contributed by atoms with E-state index >= 15 is 0 Å². The van der Waals surface area contributed by atoms with E-state index in [9.17, 15) is 4.79 Å². The van der Waals surface area contributed by atoms with E-state index in [1.807, 2.05) is 6.07 Å². The number of aliphatic imine (C=N–C) groups is 1. The molecule has 1 aromatic carbocycles. The van der Waals surface area contributed by atoms with Gasteiger partial charge in [-0.15, -0.1) is 0 Å². The smallest absolute Gasteiger partial charge is 0.363 e. The van der Waals surface area contributed by atoms with Gasteiger partial charge in [-0.05, 0) is 23.8 Å². The van der Waals surface area contributed by atoms with Crippen molar-refractivity contribution in [3.05, 3.63) is 29.5 Å². The van der Waals surface area contributed by atoms with E-state index in [0.29, 0.717) is 17.4 Å². The highest BCUT2D eigenvalue weighted by atomic mass is 16.6. The Kier molecular flexibility index (Phi) is 3.32. The number of carbonyl (C=O) groups is 1. The Labute approximate surface area is 105 Å². The van der Waals surface area contributed by atoms with Crippen LogP contribution in [0.1, 0.15) is 12.5 Å². The van der Waals surface area contributed by atoms with Gasteiger partial charge in [0.05, 0.1) is 14.2 Å². The lowest BCUT2D eigenvalue weighted by molar-refractivity contribution is -0.130. The van der Waals surface area contributed by atoms with Gasteiger partial charge in [0, 0.05) is 6.92 Å². The second-order valence-corrected chi connectivity index (χ2v) is 3.66. The third-order valence-corrected chi connectivity index (χ3v) is 2.44. The summed E-state index contributed by atoms with van der Waals surface area (Å²) in [5, 5.41) is 0. The minimum absolute atomic E-state index is 0.278. The van der Waals surface area contributed by atoms with Gasteiger partial charge in [0.2, 0.25) is 0 Å². The molecule has 0 spiro atoms. The molecule has 5 heteroatoms. The quantitative estimate of drug-likeness (QED) is 0.605. The molecule has 0 amide bonds. The first-order valence-corrected chi connectivity index (χ1v) is 5.35. The molecular formula is C13H13NO4. The third-order valence-electron chi connectivity index (χ3n) is 2.44. The molecule has 94 valence electrons. The van der Waals surface area contributed by atoms with Crippen LogP contribution in [0.5, 0.6) is 11.5 Å². The average Bonchev–Trinajstić information content (AvgIpc) is 2.67. The first-order chi connectivity index (χ1) is 8.63. The fourth-order valence-electron chi connectivity index (χ4n) is 1.62. The van der Waals surface area contributed by atoms with Gasteiger partial charge in [-0.2, -0.15) is 0 Å². The van der Waals surface area contributed by atoms with Crippen molar-refractivity contribution < 1.29 is 19.0 Å². The molecule has 0 saturated heterocycles. The van der Waals surface area contributed by atoms with Gasteiger partial charge in [0.15, 0.2) is 23.1 Å². The highest BCUT2D eigenvalue weighted by molar-refractivity contribution is 6.06. The van der Waals surface area contributed by atoms with E-state index in [4.69, 9.17) is 14.2 Å². The van der Waals surface area contributed by atoms with Gasteiger partial charge in [0.25, 0.3) is 0 Å². The predicted molar refractivity (Wildman–Crippen MR) is 66.7 cm³/mol. The molecule has 1 aliphatic rings. The lowest BCUT2D eigenvalue weighted by Crippen LogP contribution is -1.99. The molecule has 1 heterocycles. The van der Waals surface area contributed by atoms with Crippen molar-refractivity contribution >= 4 is 17.9 Å². The SMILES string of the molecule is COc1ccc(C=C2N=C(C)OC2=O)cc1OC. The van der Waals surface area contributed by atoms with Gasteiger partial charge in [-0.3, -0.25) is 0 Å². The van der Waals surface area contributed by atoms with Crippen LogP contribution in [0.25, 0.3) is 6.08 Å². The number of benzene rings is 1. The van der Waals surface area contributed by atoms with Gasteiger partial charge < -0.3 is 14.2 Å². The first kappa shape index (κ1) is 12.2. The average molecular weight is 247 g/mol. The molecule has 2 rings (SSSR count). The Balaban J connectivity index is 2.35. The minimum atomic E-state index is -0.442. The maximum atomic E-state index is 11.4. The van der Waals surface area contributed by atoms with Crippen molar-refractivity contribution in [2.75, 3.05) is 14.2 Å². The summed E-state index contributed by atoms with van der Waals surface area (Å²) in [6, 6.07) is 5.34. The van der Waals surface area contributed by atoms with Crippen molar-refractivity contribution in [2.24, 2.45) is 4.99 Å². The molecule has 0 unspecified atom stereocenters. The van der Waals surface area contributed by atoms with Crippen molar-refractivity contribution in [3.63, 3.8) is 0 Å². The van der Waals surface area contributed by atoms with E-state index < -0.39 is 5.97 Å². The summed E-state index contributed by atoms with van der Waals surface area (Å²) < 4.78 is 15.2. The molecule has 0 saturated carbocycles. The molecule has 0 N–H and O–H groups in total. The molecule has 1 aromatic rings. The summed E-state index contributed by atoms with van der Waals surface area (Å²) in [6.07, 6.45) is 1.64. The predicted octanol–water partition coefficient (Wildman–Crippen LogP) is 2.02. The van der Waals surface area contributed by atoms with Crippen molar-refractivity contribution in [1.82, 2.24) is 0 Å². The van der Waals surface area contributed by atoms with Gasteiger partial charge in [0.1, 0.15) is 0 Å². The number of esters is 1. The van der Waals surface area contributed by atoms with Crippen molar-refractivity contribution in [3.8, 4) is 11.5 Å². The fraction of sp³-hybridized carbons (Fsp3) is 0.231. The largest absolute Gasteiger partial charge is 0.493 e. The third kappa shape index (κ3) is 2.34. The van der Waals surface area contributed by atoms with E-state index in [0.717, 1.165) is 5.56 Å². The number of ether oxygens (including phenoxy) is 3. The Morgan fingerprint density at radius 3 is 2.50 bits per heavy atom. The van der Waals surface area contributed by atoms with Crippen molar-refractivity contribution in [1.29, 1.82) is 0 Å². The van der Waals surface area contributed by atoms with Crippen LogP contribution >= 0.6 is 0 Å². The van der Waals surface area contributed by atoms with Crippen LogP contribution in [0.2, 0.25) is 0 Å². The zero-order chi connectivity index (χ0) is 13.1. The van der Waals surface area contributed by atoms with Crippen LogP contribution < -0.4 is 9.47 Å². The summed E-state index contributed by atoms with van der Waals surface area (Å²) in [6.45, 7) is 1.63. The fourth-order valence-corrected chi connectivity index (χ4v) is 1.62. The maximum Gasteiger partial charge on any atom is 0.363 e. The van der Waals surface area contributed by atoms with Crippen LogP contribution in [0.15, 0.2) is 28.9 Å². The number of nitrogens with zero attached hydrogens (tertiary/aromatic N) is 1. The van der Waals surface area contributed by atoms with Crippen LogP contribution in [0.4, 0.5) is 0 Å². The Bertz CT molecular complexity index is 546. The highest BCUT2D eigenvalue weighted by Crippen LogP contribution is 2.28. The first-order valence-electron chi connectivity index (χ1n) is 5.35. The van der Waals surface area contributed by atoms with E-state index in [2.05, 4.69) is 4.99 Å². The number of rotatable bonds is 3. The maximum absolute atomic E-state index is 11.4. The number of carbonyl (C=O) groups excluding carboxylic acids is 1. The molecule has 18 heavy (non-hydrogen) atoms. The summed E-state index contributed by atoms with van der Waals surface area (Å²) in [7, 11) is 3.12. The summed E-state index contributed by atoms with van der Waals surface area (Å²) in [5.41, 5.74) is 1.07. The van der Waals surface area contributed by atoms with Crippen molar-refractivity contribution in [2.45, 2.75) is 6.92 Å². The summed E-state index contributed by atoms with van der Waals surface area (Å²) in [4.78, 5) is 15.4. The molecule has 0 radical (unpaired) electrons.